The zero-order valence-electron chi connectivity index (χ0n) is 9.43. The van der Waals surface area contributed by atoms with Crippen molar-refractivity contribution in [3.05, 3.63) is 29.3 Å². The second kappa shape index (κ2) is 4.92. The average Bonchev–Trinajstić information content (AvgIpc) is 2.38. The maximum absolute atomic E-state index is 5.23. The Morgan fingerprint density at radius 2 is 2.00 bits per heavy atom. The van der Waals surface area contributed by atoms with Gasteiger partial charge in [0.05, 0.1) is 26.2 Å². The predicted octanol–water partition coefficient (Wildman–Crippen LogP) is 2.22. The number of aromatic nitrogens is 3. The first-order valence-electron chi connectivity index (χ1n) is 4.88. The zero-order valence-corrected chi connectivity index (χ0v) is 10.2. The van der Waals surface area contributed by atoms with Gasteiger partial charge in [0.15, 0.2) is 10.4 Å². The first kappa shape index (κ1) is 11.5. The van der Waals surface area contributed by atoms with E-state index in [-0.39, 0.29) is 0 Å². The lowest BCUT2D eigenvalue weighted by Crippen LogP contribution is -1.95. The maximum Gasteiger partial charge on any atom is 0.212 e. The zero-order chi connectivity index (χ0) is 12.3. The number of hydrogen-bond donors (Lipinski definition) is 1. The summed E-state index contributed by atoms with van der Waals surface area (Å²) in [7, 11) is 3.13. The Morgan fingerprint density at radius 1 is 1.18 bits per heavy atom. The van der Waals surface area contributed by atoms with E-state index in [1.54, 1.807) is 26.5 Å². The second-order valence-corrected chi connectivity index (χ2v) is 3.59. The quantitative estimate of drug-likeness (QED) is 0.845. The van der Waals surface area contributed by atoms with E-state index >= 15 is 0 Å². The molecule has 6 heteroatoms. The molecular formula is C11H11N3O2S. The molecule has 0 radical (unpaired) electrons. The lowest BCUT2D eigenvalue weighted by Gasteiger charge is -2.07. The SMILES string of the molecule is COc1ccc(-c2[nH]cnc(=S)c2OC)cn1. The first-order valence-corrected chi connectivity index (χ1v) is 5.29. The first-order chi connectivity index (χ1) is 8.26. The molecule has 2 aromatic heterocycles. The number of nitrogens with one attached hydrogen (secondary N) is 1. The third kappa shape index (κ3) is 2.26. The standard InChI is InChI=1S/C11H11N3O2S/c1-15-8-4-3-7(5-12-8)9-10(16-2)11(17)14-6-13-9/h3-6H,1-2H3,(H,13,14,17). The van der Waals surface area contributed by atoms with Crippen LogP contribution in [0.5, 0.6) is 11.6 Å². The second-order valence-electron chi connectivity index (χ2n) is 3.21. The molecule has 0 aromatic carbocycles. The number of nitrogens with zero attached hydrogens (tertiary/aromatic N) is 2. The van der Waals surface area contributed by atoms with Crippen molar-refractivity contribution in [1.82, 2.24) is 15.0 Å². The van der Waals surface area contributed by atoms with E-state index in [0.717, 1.165) is 11.3 Å². The molecular weight excluding hydrogens is 238 g/mol. The molecule has 88 valence electrons. The van der Waals surface area contributed by atoms with Crippen LogP contribution in [0.1, 0.15) is 0 Å². The van der Waals surface area contributed by atoms with Gasteiger partial charge in [-0.15, -0.1) is 0 Å². The van der Waals surface area contributed by atoms with Gasteiger partial charge in [0.25, 0.3) is 0 Å². The summed E-state index contributed by atoms with van der Waals surface area (Å²) >= 11 is 5.09. The summed E-state index contributed by atoms with van der Waals surface area (Å²) in [5, 5.41) is 0. The van der Waals surface area contributed by atoms with E-state index in [1.165, 1.54) is 6.33 Å². The summed E-state index contributed by atoms with van der Waals surface area (Å²) < 4.78 is 10.6. The van der Waals surface area contributed by atoms with E-state index in [9.17, 15) is 0 Å². The van der Waals surface area contributed by atoms with Crippen LogP contribution in [0.4, 0.5) is 0 Å². The smallest absolute Gasteiger partial charge is 0.212 e. The minimum absolute atomic E-state index is 0.414. The molecule has 0 fully saturated rings. The van der Waals surface area contributed by atoms with Gasteiger partial charge >= 0.3 is 0 Å². The van der Waals surface area contributed by atoms with Crippen molar-refractivity contribution in [2.75, 3.05) is 14.2 Å². The Kier molecular flexibility index (Phi) is 3.34. The Labute approximate surface area is 103 Å². The van der Waals surface area contributed by atoms with E-state index in [4.69, 9.17) is 21.7 Å². The van der Waals surface area contributed by atoms with Crippen LogP contribution in [-0.4, -0.2) is 29.2 Å². The van der Waals surface area contributed by atoms with Crippen LogP contribution in [0.3, 0.4) is 0 Å². The van der Waals surface area contributed by atoms with Crippen LogP contribution < -0.4 is 9.47 Å². The van der Waals surface area contributed by atoms with Crippen molar-refractivity contribution in [1.29, 1.82) is 0 Å². The number of H-pyrrole nitrogens is 1. The number of hydrogen-bond acceptors (Lipinski definition) is 5. The third-order valence-corrected chi connectivity index (χ3v) is 2.54. The van der Waals surface area contributed by atoms with E-state index in [0.29, 0.717) is 16.3 Å². The van der Waals surface area contributed by atoms with Gasteiger partial charge in [-0.1, -0.05) is 12.2 Å². The van der Waals surface area contributed by atoms with Gasteiger partial charge in [0.2, 0.25) is 5.88 Å². The molecule has 5 nitrogen and oxygen atoms in total. The predicted molar refractivity (Wildman–Crippen MR) is 65.8 cm³/mol. The minimum atomic E-state index is 0.414. The number of ether oxygens (including phenoxy) is 2. The van der Waals surface area contributed by atoms with Crippen molar-refractivity contribution in [2.45, 2.75) is 0 Å². The van der Waals surface area contributed by atoms with E-state index < -0.39 is 0 Å². The lowest BCUT2D eigenvalue weighted by atomic mass is 10.2. The molecule has 0 saturated carbocycles. The summed E-state index contributed by atoms with van der Waals surface area (Å²) in [6.07, 6.45) is 3.21. The molecule has 0 aliphatic carbocycles. The summed E-state index contributed by atoms with van der Waals surface area (Å²) in [5.74, 6) is 1.09. The fourth-order valence-electron chi connectivity index (χ4n) is 1.44. The van der Waals surface area contributed by atoms with Gasteiger partial charge in [-0.05, 0) is 6.07 Å². The average molecular weight is 249 g/mol. The lowest BCUT2D eigenvalue weighted by molar-refractivity contribution is 0.398. The highest BCUT2D eigenvalue weighted by Crippen LogP contribution is 2.27. The van der Waals surface area contributed by atoms with Crippen LogP contribution in [0.15, 0.2) is 24.7 Å². The van der Waals surface area contributed by atoms with Gasteiger partial charge in [-0.2, -0.15) is 0 Å². The molecule has 17 heavy (non-hydrogen) atoms. The van der Waals surface area contributed by atoms with Crippen molar-refractivity contribution in [3.63, 3.8) is 0 Å². The fraction of sp³-hybridized carbons (Fsp3) is 0.182. The summed E-state index contributed by atoms with van der Waals surface area (Å²) in [4.78, 5) is 11.1. The molecule has 0 aliphatic rings. The van der Waals surface area contributed by atoms with Crippen LogP contribution in [-0.2, 0) is 0 Å². The molecule has 2 heterocycles. The Bertz CT molecular complexity index is 566. The van der Waals surface area contributed by atoms with Crippen LogP contribution in [0.25, 0.3) is 11.3 Å². The Hall–Kier alpha value is -1.95. The molecule has 0 bridgehead atoms. The topological polar surface area (TPSA) is 60.0 Å². The van der Waals surface area contributed by atoms with Crippen LogP contribution in [0, 0.1) is 4.64 Å². The molecule has 0 aliphatic heterocycles. The van der Waals surface area contributed by atoms with Crippen LogP contribution >= 0.6 is 12.2 Å². The summed E-state index contributed by atoms with van der Waals surface area (Å²) in [5.41, 5.74) is 1.61. The summed E-state index contributed by atoms with van der Waals surface area (Å²) in [6, 6.07) is 3.64. The highest BCUT2D eigenvalue weighted by molar-refractivity contribution is 7.71. The monoisotopic (exact) mass is 249 g/mol. The van der Waals surface area contributed by atoms with E-state index in [2.05, 4.69) is 15.0 Å². The molecule has 0 amide bonds. The normalized spacial score (nSPS) is 10.0. The Balaban J connectivity index is 2.52. The number of methoxy groups -OCH3 is 2. The van der Waals surface area contributed by atoms with Crippen molar-refractivity contribution in [2.24, 2.45) is 0 Å². The largest absolute Gasteiger partial charge is 0.491 e. The molecule has 1 N–H and O–H groups in total. The fourth-order valence-corrected chi connectivity index (χ4v) is 1.68. The summed E-state index contributed by atoms with van der Waals surface area (Å²) in [6.45, 7) is 0. The third-order valence-electron chi connectivity index (χ3n) is 2.25. The molecule has 2 aromatic rings. The molecule has 0 unspecified atom stereocenters. The van der Waals surface area contributed by atoms with Gasteiger partial charge in [0, 0.05) is 17.8 Å². The molecule has 0 saturated heterocycles. The van der Waals surface area contributed by atoms with E-state index in [1.807, 2.05) is 6.07 Å². The number of aromatic amines is 1. The number of rotatable bonds is 3. The van der Waals surface area contributed by atoms with Gasteiger partial charge < -0.3 is 14.5 Å². The van der Waals surface area contributed by atoms with Crippen molar-refractivity contribution < 1.29 is 9.47 Å². The molecule has 2 rings (SSSR count). The van der Waals surface area contributed by atoms with Gasteiger partial charge in [-0.25, -0.2) is 9.97 Å². The highest BCUT2D eigenvalue weighted by Gasteiger charge is 2.08. The Morgan fingerprint density at radius 3 is 2.59 bits per heavy atom. The van der Waals surface area contributed by atoms with Gasteiger partial charge in [-0.3, -0.25) is 0 Å². The number of pyridine rings is 1. The van der Waals surface area contributed by atoms with Crippen molar-refractivity contribution in [3.8, 4) is 22.9 Å². The van der Waals surface area contributed by atoms with Crippen molar-refractivity contribution >= 4 is 12.2 Å². The van der Waals surface area contributed by atoms with Gasteiger partial charge in [0.1, 0.15) is 0 Å². The maximum atomic E-state index is 5.23. The minimum Gasteiger partial charge on any atom is -0.491 e. The molecule has 0 spiro atoms. The van der Waals surface area contributed by atoms with Crippen LogP contribution in [0.2, 0.25) is 0 Å². The molecule has 0 atom stereocenters. The highest BCUT2D eigenvalue weighted by atomic mass is 32.1.